The Morgan fingerprint density at radius 3 is 2.65 bits per heavy atom. The van der Waals surface area contributed by atoms with Crippen LogP contribution >= 0.6 is 0 Å². The van der Waals surface area contributed by atoms with Crippen molar-refractivity contribution >= 4 is 11.9 Å². The Hall–Kier alpha value is -2.44. The van der Waals surface area contributed by atoms with Crippen LogP contribution in [0.1, 0.15) is 18.9 Å². The molecule has 0 bridgehead atoms. The Kier molecular flexibility index (Phi) is 4.29. The molecule has 0 fully saturated rings. The van der Waals surface area contributed by atoms with Crippen LogP contribution in [-0.2, 0) is 4.79 Å². The van der Waals surface area contributed by atoms with E-state index in [0.717, 1.165) is 17.7 Å². The molecule has 0 aliphatic heterocycles. The third-order valence-corrected chi connectivity index (χ3v) is 2.83. The molecule has 2 rings (SSSR count). The number of carboxylic acids is 1. The van der Waals surface area contributed by atoms with Crippen LogP contribution in [-0.4, -0.2) is 44.4 Å². The first kappa shape index (κ1) is 14.0. The van der Waals surface area contributed by atoms with E-state index in [2.05, 4.69) is 15.5 Å². The summed E-state index contributed by atoms with van der Waals surface area (Å²) in [5.74, 6) is -0.463. The monoisotopic (exact) mass is 275 g/mol. The molecule has 106 valence electrons. The Balaban J connectivity index is 2.34. The molecule has 0 radical (unpaired) electrons. The summed E-state index contributed by atoms with van der Waals surface area (Å²) in [7, 11) is 0. The fourth-order valence-electron chi connectivity index (χ4n) is 1.92. The molecule has 0 aliphatic rings. The van der Waals surface area contributed by atoms with Gasteiger partial charge in [0.15, 0.2) is 0 Å². The van der Waals surface area contributed by atoms with E-state index in [-0.39, 0.29) is 6.54 Å². The number of rotatable bonds is 6. The minimum Gasteiger partial charge on any atom is -0.480 e. The van der Waals surface area contributed by atoms with Gasteiger partial charge >= 0.3 is 5.97 Å². The lowest BCUT2D eigenvalue weighted by Gasteiger charge is -2.20. The molecule has 1 heterocycles. The van der Waals surface area contributed by atoms with Gasteiger partial charge in [-0.25, -0.2) is 0 Å². The molecule has 2 aromatic rings. The lowest BCUT2D eigenvalue weighted by atomic mass is 10.2. The molecule has 0 unspecified atom stereocenters. The minimum absolute atomic E-state index is 0.125. The van der Waals surface area contributed by atoms with Gasteiger partial charge in [0, 0.05) is 6.54 Å². The largest absolute Gasteiger partial charge is 0.480 e. The van der Waals surface area contributed by atoms with E-state index in [9.17, 15) is 4.79 Å². The predicted molar refractivity (Wildman–Crippen MR) is 74.0 cm³/mol. The first-order valence-corrected chi connectivity index (χ1v) is 6.44. The van der Waals surface area contributed by atoms with E-state index in [1.54, 1.807) is 9.58 Å². The van der Waals surface area contributed by atoms with Gasteiger partial charge in [0.1, 0.15) is 6.54 Å². The molecule has 0 spiro atoms. The highest BCUT2D eigenvalue weighted by Crippen LogP contribution is 2.16. The Bertz CT molecular complexity index is 579. The van der Waals surface area contributed by atoms with Crippen LogP contribution in [0.4, 0.5) is 5.95 Å². The second-order valence-electron chi connectivity index (χ2n) is 4.54. The SMILES string of the molecule is CCCN(CC(=O)O)c1nnnn1-c1ccc(C)cc1. The van der Waals surface area contributed by atoms with E-state index in [0.29, 0.717) is 12.5 Å². The third-order valence-electron chi connectivity index (χ3n) is 2.83. The van der Waals surface area contributed by atoms with E-state index in [4.69, 9.17) is 5.11 Å². The summed E-state index contributed by atoms with van der Waals surface area (Å²) >= 11 is 0. The molecule has 1 N–H and O–H groups in total. The van der Waals surface area contributed by atoms with E-state index in [1.165, 1.54) is 0 Å². The number of aryl methyl sites for hydroxylation is 1. The van der Waals surface area contributed by atoms with Crippen LogP contribution in [0.15, 0.2) is 24.3 Å². The number of aliphatic carboxylic acids is 1. The van der Waals surface area contributed by atoms with E-state index < -0.39 is 5.97 Å². The van der Waals surface area contributed by atoms with Crippen LogP contribution < -0.4 is 4.90 Å². The maximum absolute atomic E-state index is 11.0. The quantitative estimate of drug-likeness (QED) is 0.854. The summed E-state index contributed by atoms with van der Waals surface area (Å²) in [6.45, 7) is 4.44. The van der Waals surface area contributed by atoms with Crippen molar-refractivity contribution in [2.45, 2.75) is 20.3 Å². The number of benzene rings is 1. The molecule has 0 atom stereocenters. The third kappa shape index (κ3) is 3.11. The number of tetrazole rings is 1. The lowest BCUT2D eigenvalue weighted by molar-refractivity contribution is -0.135. The standard InChI is InChI=1S/C13H17N5O2/c1-3-8-17(9-12(19)20)13-14-15-16-18(13)11-6-4-10(2)5-7-11/h4-7H,3,8-9H2,1-2H3,(H,19,20). The minimum atomic E-state index is -0.906. The van der Waals surface area contributed by atoms with Crippen molar-refractivity contribution < 1.29 is 9.90 Å². The van der Waals surface area contributed by atoms with Crippen molar-refractivity contribution in [2.24, 2.45) is 0 Å². The van der Waals surface area contributed by atoms with E-state index >= 15 is 0 Å². The molecule has 20 heavy (non-hydrogen) atoms. The maximum Gasteiger partial charge on any atom is 0.323 e. The normalized spacial score (nSPS) is 10.5. The molecule has 7 nitrogen and oxygen atoms in total. The Morgan fingerprint density at radius 1 is 1.35 bits per heavy atom. The zero-order chi connectivity index (χ0) is 14.5. The van der Waals surface area contributed by atoms with Gasteiger partial charge in [-0.05, 0) is 35.9 Å². The predicted octanol–water partition coefficient (Wildman–Crippen LogP) is 1.27. The lowest BCUT2D eigenvalue weighted by Crippen LogP contribution is -2.32. The molecule has 1 aromatic heterocycles. The summed E-state index contributed by atoms with van der Waals surface area (Å²) in [6.07, 6.45) is 0.814. The van der Waals surface area contributed by atoms with Crippen molar-refractivity contribution in [2.75, 3.05) is 18.0 Å². The summed E-state index contributed by atoms with van der Waals surface area (Å²) in [6, 6.07) is 7.73. The highest BCUT2D eigenvalue weighted by molar-refractivity contribution is 5.72. The zero-order valence-electron chi connectivity index (χ0n) is 11.5. The van der Waals surface area contributed by atoms with Gasteiger partial charge in [-0.2, -0.15) is 4.68 Å². The Morgan fingerprint density at radius 2 is 2.05 bits per heavy atom. The van der Waals surface area contributed by atoms with Crippen molar-refractivity contribution in [1.82, 2.24) is 20.2 Å². The van der Waals surface area contributed by atoms with Crippen molar-refractivity contribution in [3.8, 4) is 5.69 Å². The van der Waals surface area contributed by atoms with Gasteiger partial charge in [-0.3, -0.25) is 4.79 Å². The maximum atomic E-state index is 11.0. The van der Waals surface area contributed by atoms with Gasteiger partial charge in [0.25, 0.3) is 5.95 Å². The molecular weight excluding hydrogens is 258 g/mol. The molecule has 0 aliphatic carbocycles. The summed E-state index contributed by atoms with van der Waals surface area (Å²) in [4.78, 5) is 12.6. The summed E-state index contributed by atoms with van der Waals surface area (Å²) in [5.41, 5.74) is 1.95. The Labute approximate surface area is 116 Å². The first-order valence-electron chi connectivity index (χ1n) is 6.44. The number of anilines is 1. The average Bonchev–Trinajstić information content (AvgIpc) is 2.88. The molecular formula is C13H17N5O2. The molecule has 7 heteroatoms. The number of carbonyl (C=O) groups is 1. The highest BCUT2D eigenvalue weighted by Gasteiger charge is 2.18. The highest BCUT2D eigenvalue weighted by atomic mass is 16.4. The summed E-state index contributed by atoms with van der Waals surface area (Å²) in [5, 5.41) is 20.5. The number of nitrogens with zero attached hydrogens (tertiary/aromatic N) is 5. The van der Waals surface area contributed by atoms with Crippen molar-refractivity contribution in [1.29, 1.82) is 0 Å². The van der Waals surface area contributed by atoms with Crippen LogP contribution in [0.5, 0.6) is 0 Å². The van der Waals surface area contributed by atoms with Gasteiger partial charge < -0.3 is 10.0 Å². The zero-order valence-corrected chi connectivity index (χ0v) is 11.5. The average molecular weight is 275 g/mol. The topological polar surface area (TPSA) is 84.1 Å². The molecule has 0 saturated carbocycles. The molecule has 1 aromatic carbocycles. The van der Waals surface area contributed by atoms with Crippen LogP contribution in [0.2, 0.25) is 0 Å². The number of aromatic nitrogens is 4. The van der Waals surface area contributed by atoms with Gasteiger partial charge in [0.2, 0.25) is 0 Å². The number of hydrogen-bond acceptors (Lipinski definition) is 5. The number of hydrogen-bond donors (Lipinski definition) is 1. The first-order chi connectivity index (χ1) is 9.61. The summed E-state index contributed by atoms with van der Waals surface area (Å²) < 4.78 is 1.55. The second-order valence-corrected chi connectivity index (χ2v) is 4.54. The van der Waals surface area contributed by atoms with Crippen LogP contribution in [0.25, 0.3) is 5.69 Å². The second kappa shape index (κ2) is 6.14. The fraction of sp³-hybridized carbons (Fsp3) is 0.385. The van der Waals surface area contributed by atoms with Crippen LogP contribution in [0.3, 0.4) is 0 Å². The van der Waals surface area contributed by atoms with Crippen LogP contribution in [0, 0.1) is 6.92 Å². The van der Waals surface area contributed by atoms with E-state index in [1.807, 2.05) is 38.1 Å². The molecule has 0 saturated heterocycles. The van der Waals surface area contributed by atoms with Crippen molar-refractivity contribution in [3.63, 3.8) is 0 Å². The molecule has 0 amide bonds. The van der Waals surface area contributed by atoms with Crippen molar-refractivity contribution in [3.05, 3.63) is 29.8 Å². The van der Waals surface area contributed by atoms with Gasteiger partial charge in [0.05, 0.1) is 5.69 Å². The smallest absolute Gasteiger partial charge is 0.323 e. The van der Waals surface area contributed by atoms with Gasteiger partial charge in [-0.1, -0.05) is 29.7 Å². The fourth-order valence-corrected chi connectivity index (χ4v) is 1.92. The number of carboxylic acid groups (broad SMARTS) is 1. The van der Waals surface area contributed by atoms with Gasteiger partial charge in [-0.15, -0.1) is 0 Å².